The standard InChI is InChI=1S/C26H26Cl2Si/c1-25(2,3)19-26(22-17-11-6-12-18-22)23(20-13-7-4-8-14-20)24(29(26,27)28)21-15-9-5-10-16-21/h4-18H,19H2,1-3H3. The summed E-state index contributed by atoms with van der Waals surface area (Å²) < 4.78 is 0. The second-order valence-corrected chi connectivity index (χ2v) is 15.5. The Morgan fingerprint density at radius 1 is 0.690 bits per heavy atom. The zero-order valence-electron chi connectivity index (χ0n) is 17.1. The van der Waals surface area contributed by atoms with Crippen LogP contribution >= 0.6 is 22.2 Å². The third kappa shape index (κ3) is 3.40. The highest BCUT2D eigenvalue weighted by atomic mass is 35.7. The predicted octanol–water partition coefficient (Wildman–Crippen LogP) is 7.98. The van der Waals surface area contributed by atoms with Gasteiger partial charge in [-0.1, -0.05) is 112 Å². The summed E-state index contributed by atoms with van der Waals surface area (Å²) in [4.78, 5) is 0. The topological polar surface area (TPSA) is 0 Å². The molecule has 0 nitrogen and oxygen atoms in total. The van der Waals surface area contributed by atoms with Gasteiger partial charge in [-0.05, 0) is 39.3 Å². The fraction of sp³-hybridized carbons (Fsp3) is 0.231. The van der Waals surface area contributed by atoms with Gasteiger partial charge in [-0.3, -0.25) is 0 Å². The maximum absolute atomic E-state index is 7.46. The van der Waals surface area contributed by atoms with Crippen LogP contribution in [0.5, 0.6) is 0 Å². The quantitative estimate of drug-likeness (QED) is 0.287. The summed E-state index contributed by atoms with van der Waals surface area (Å²) in [5.41, 5.74) is 4.94. The van der Waals surface area contributed by atoms with Gasteiger partial charge in [-0.15, -0.1) is 22.2 Å². The molecule has 0 spiro atoms. The Hall–Kier alpha value is -1.80. The van der Waals surface area contributed by atoms with Crippen LogP contribution in [0.1, 0.15) is 43.9 Å². The summed E-state index contributed by atoms with van der Waals surface area (Å²) in [5.74, 6) is 0. The summed E-state index contributed by atoms with van der Waals surface area (Å²) >= 11 is 14.9. The van der Waals surface area contributed by atoms with Gasteiger partial charge in [0.25, 0.3) is 6.69 Å². The van der Waals surface area contributed by atoms with Crippen LogP contribution in [0, 0.1) is 5.41 Å². The number of hydrogen-bond donors (Lipinski definition) is 0. The van der Waals surface area contributed by atoms with E-state index in [1.165, 1.54) is 16.7 Å². The molecule has 0 fully saturated rings. The fourth-order valence-corrected chi connectivity index (χ4v) is 10.9. The zero-order valence-corrected chi connectivity index (χ0v) is 19.6. The molecular weight excluding hydrogens is 411 g/mol. The van der Waals surface area contributed by atoms with E-state index < -0.39 is 6.69 Å². The highest BCUT2D eigenvalue weighted by molar-refractivity contribution is 7.56. The molecule has 3 aromatic carbocycles. The molecule has 0 radical (unpaired) electrons. The summed E-state index contributed by atoms with van der Waals surface area (Å²) in [6, 6.07) is 31.7. The van der Waals surface area contributed by atoms with E-state index >= 15 is 0 Å². The molecule has 0 aromatic heterocycles. The van der Waals surface area contributed by atoms with E-state index in [9.17, 15) is 0 Å². The van der Waals surface area contributed by atoms with Crippen molar-refractivity contribution in [2.45, 2.75) is 32.2 Å². The van der Waals surface area contributed by atoms with Crippen molar-refractivity contribution in [3.63, 3.8) is 0 Å². The van der Waals surface area contributed by atoms with Crippen molar-refractivity contribution in [1.29, 1.82) is 0 Å². The molecule has 1 unspecified atom stereocenters. The summed E-state index contributed by atoms with van der Waals surface area (Å²) in [6.07, 6.45) is 0.907. The summed E-state index contributed by atoms with van der Waals surface area (Å²) in [6.45, 7) is 3.96. The normalized spacial score (nSPS) is 21.0. The van der Waals surface area contributed by atoms with Crippen molar-refractivity contribution >= 4 is 39.6 Å². The molecule has 148 valence electrons. The first kappa shape index (κ1) is 20.5. The molecule has 0 aliphatic carbocycles. The molecule has 3 aromatic rings. The van der Waals surface area contributed by atoms with Crippen molar-refractivity contribution in [1.82, 2.24) is 0 Å². The average Bonchev–Trinajstić information content (AvgIpc) is 2.71. The van der Waals surface area contributed by atoms with Crippen LogP contribution in [0.2, 0.25) is 0 Å². The smallest absolute Gasteiger partial charge is 0.138 e. The third-order valence-electron chi connectivity index (χ3n) is 5.71. The molecule has 1 atom stereocenters. The molecule has 0 saturated heterocycles. The van der Waals surface area contributed by atoms with Crippen molar-refractivity contribution < 1.29 is 0 Å². The van der Waals surface area contributed by atoms with Gasteiger partial charge in [0, 0.05) is 5.04 Å². The molecule has 1 aliphatic heterocycles. The van der Waals surface area contributed by atoms with Gasteiger partial charge < -0.3 is 0 Å². The predicted molar refractivity (Wildman–Crippen MR) is 129 cm³/mol. The number of hydrogen-bond acceptors (Lipinski definition) is 0. The molecule has 29 heavy (non-hydrogen) atoms. The average molecular weight is 437 g/mol. The van der Waals surface area contributed by atoms with Gasteiger partial charge >= 0.3 is 0 Å². The Balaban J connectivity index is 2.08. The molecule has 1 aliphatic rings. The van der Waals surface area contributed by atoms with Gasteiger partial charge in [-0.2, -0.15) is 0 Å². The number of benzene rings is 3. The molecule has 0 amide bonds. The number of allylic oxidation sites excluding steroid dienone is 1. The van der Waals surface area contributed by atoms with Gasteiger partial charge in [0.1, 0.15) is 0 Å². The monoisotopic (exact) mass is 436 g/mol. The lowest BCUT2D eigenvalue weighted by molar-refractivity contribution is 0.341. The first-order valence-electron chi connectivity index (χ1n) is 10.1. The molecule has 3 heteroatoms. The first-order valence-corrected chi connectivity index (χ1v) is 14.1. The van der Waals surface area contributed by atoms with E-state index in [0.717, 1.165) is 17.2 Å². The maximum Gasteiger partial charge on any atom is 0.296 e. The SMILES string of the molecule is CC(C)(C)CC1(c2ccccc2)C(c2ccccc2)=C(c2ccccc2)[Si]1(Cl)Cl. The summed E-state index contributed by atoms with van der Waals surface area (Å²) in [5, 5.41) is 0.794. The minimum absolute atomic E-state index is 0.0696. The van der Waals surface area contributed by atoms with Crippen LogP contribution in [-0.4, -0.2) is 6.69 Å². The van der Waals surface area contributed by atoms with Crippen molar-refractivity contribution in [3.8, 4) is 0 Å². The minimum Gasteiger partial charge on any atom is -0.138 e. The van der Waals surface area contributed by atoms with Gasteiger partial charge in [0.05, 0.1) is 0 Å². The van der Waals surface area contributed by atoms with Crippen LogP contribution < -0.4 is 0 Å². The Labute approximate surface area is 184 Å². The van der Waals surface area contributed by atoms with E-state index in [0.29, 0.717) is 0 Å². The molecule has 0 N–H and O–H groups in total. The van der Waals surface area contributed by atoms with Gasteiger partial charge in [0.15, 0.2) is 0 Å². The van der Waals surface area contributed by atoms with Crippen LogP contribution in [0.4, 0.5) is 0 Å². The largest absolute Gasteiger partial charge is 0.296 e. The lowest BCUT2D eigenvalue weighted by Gasteiger charge is -2.57. The highest BCUT2D eigenvalue weighted by Crippen LogP contribution is 2.68. The van der Waals surface area contributed by atoms with E-state index in [1.54, 1.807) is 0 Å². The first-order chi connectivity index (χ1) is 13.8. The van der Waals surface area contributed by atoms with Crippen LogP contribution in [0.25, 0.3) is 10.8 Å². The molecule has 4 rings (SSSR count). The zero-order chi connectivity index (χ0) is 20.7. The van der Waals surface area contributed by atoms with Crippen molar-refractivity contribution in [3.05, 3.63) is 108 Å². The van der Waals surface area contributed by atoms with Crippen molar-refractivity contribution in [2.75, 3.05) is 0 Å². The Morgan fingerprint density at radius 3 is 1.62 bits per heavy atom. The maximum atomic E-state index is 7.46. The Kier molecular flexibility index (Phi) is 5.27. The van der Waals surface area contributed by atoms with E-state index in [-0.39, 0.29) is 10.5 Å². The van der Waals surface area contributed by atoms with E-state index in [4.69, 9.17) is 22.2 Å². The molecular formula is C26H26Cl2Si. The highest BCUT2D eigenvalue weighted by Gasteiger charge is 2.67. The number of halogens is 2. The second-order valence-electron chi connectivity index (χ2n) is 9.07. The number of rotatable bonds is 4. The Morgan fingerprint density at radius 2 is 1.14 bits per heavy atom. The van der Waals surface area contributed by atoms with Gasteiger partial charge in [0.2, 0.25) is 0 Å². The van der Waals surface area contributed by atoms with E-state index in [1.807, 2.05) is 6.07 Å². The Bertz CT molecular complexity index is 1020. The minimum atomic E-state index is -2.87. The molecule has 0 bridgehead atoms. The second kappa shape index (κ2) is 7.47. The van der Waals surface area contributed by atoms with Crippen molar-refractivity contribution in [2.24, 2.45) is 5.41 Å². The lowest BCUT2D eigenvalue weighted by Crippen LogP contribution is -2.60. The fourth-order valence-electron chi connectivity index (χ4n) is 4.75. The van der Waals surface area contributed by atoms with Crippen LogP contribution in [-0.2, 0) is 5.04 Å². The van der Waals surface area contributed by atoms with Gasteiger partial charge in [-0.25, -0.2) is 0 Å². The van der Waals surface area contributed by atoms with Crippen LogP contribution in [0.3, 0.4) is 0 Å². The summed E-state index contributed by atoms with van der Waals surface area (Å²) in [7, 11) is 0. The molecule has 1 heterocycles. The third-order valence-corrected chi connectivity index (χ3v) is 11.7. The van der Waals surface area contributed by atoms with E-state index in [2.05, 4.69) is 106 Å². The van der Waals surface area contributed by atoms with Crippen LogP contribution in [0.15, 0.2) is 91.0 Å². The molecule has 0 saturated carbocycles. The lowest BCUT2D eigenvalue weighted by atomic mass is 9.73.